The predicted octanol–water partition coefficient (Wildman–Crippen LogP) is 1.72. The molecule has 0 radical (unpaired) electrons. The van der Waals surface area contributed by atoms with Gasteiger partial charge in [-0.25, -0.2) is 9.97 Å². The van der Waals surface area contributed by atoms with Crippen molar-refractivity contribution in [3.63, 3.8) is 0 Å². The average molecular weight is 362 g/mol. The highest BCUT2D eigenvalue weighted by Gasteiger charge is 2.20. The molecule has 138 valence electrons. The van der Waals surface area contributed by atoms with Gasteiger partial charge >= 0.3 is 0 Å². The fraction of sp³-hybridized carbons (Fsp3) is 0.316. The smallest absolute Gasteiger partial charge is 0.151 e. The van der Waals surface area contributed by atoms with Gasteiger partial charge in [0, 0.05) is 64.3 Å². The third-order valence-electron chi connectivity index (χ3n) is 4.65. The van der Waals surface area contributed by atoms with Gasteiger partial charge in [0.1, 0.15) is 18.0 Å². The van der Waals surface area contributed by atoms with Crippen molar-refractivity contribution in [2.75, 3.05) is 55.0 Å². The maximum atomic E-state index is 4.42. The summed E-state index contributed by atoms with van der Waals surface area (Å²) in [6.45, 7) is 3.53. The minimum absolute atomic E-state index is 0.858. The largest absolute Gasteiger partial charge is 0.363 e. The van der Waals surface area contributed by atoms with Gasteiger partial charge < -0.3 is 14.7 Å². The highest BCUT2D eigenvalue weighted by atomic mass is 15.3. The highest BCUT2D eigenvalue weighted by Crippen LogP contribution is 2.21. The van der Waals surface area contributed by atoms with E-state index in [0.717, 1.165) is 54.9 Å². The second-order valence-corrected chi connectivity index (χ2v) is 6.62. The third-order valence-corrected chi connectivity index (χ3v) is 4.65. The van der Waals surface area contributed by atoms with Gasteiger partial charge in [0.2, 0.25) is 0 Å². The first-order valence-corrected chi connectivity index (χ1v) is 8.94. The van der Waals surface area contributed by atoms with E-state index in [1.165, 1.54) is 0 Å². The summed E-state index contributed by atoms with van der Waals surface area (Å²) in [4.78, 5) is 19.3. The molecule has 0 amide bonds. The molecule has 0 spiro atoms. The van der Waals surface area contributed by atoms with E-state index in [2.05, 4.69) is 34.9 Å². The first-order chi connectivity index (χ1) is 13.2. The molecule has 0 atom stereocenters. The molecule has 1 saturated heterocycles. The van der Waals surface area contributed by atoms with Crippen LogP contribution in [-0.4, -0.2) is 65.4 Å². The molecule has 0 bridgehead atoms. The van der Waals surface area contributed by atoms with Crippen LogP contribution in [-0.2, 0) is 0 Å². The summed E-state index contributed by atoms with van der Waals surface area (Å²) in [6.07, 6.45) is 5.15. The minimum Gasteiger partial charge on any atom is -0.363 e. The number of hydrogen-bond donors (Lipinski definition) is 0. The maximum absolute atomic E-state index is 4.42. The Morgan fingerprint density at radius 3 is 2.15 bits per heavy atom. The molecule has 3 aromatic heterocycles. The molecule has 1 aliphatic heterocycles. The maximum Gasteiger partial charge on any atom is 0.151 e. The van der Waals surface area contributed by atoms with Gasteiger partial charge in [-0.15, -0.1) is 10.2 Å². The van der Waals surface area contributed by atoms with E-state index in [9.17, 15) is 0 Å². The molecule has 4 rings (SSSR count). The highest BCUT2D eigenvalue weighted by molar-refractivity contribution is 5.59. The van der Waals surface area contributed by atoms with Gasteiger partial charge in [-0.05, 0) is 24.3 Å². The van der Waals surface area contributed by atoms with Gasteiger partial charge in [-0.3, -0.25) is 4.98 Å². The number of piperazine rings is 1. The van der Waals surface area contributed by atoms with Crippen molar-refractivity contribution in [3.05, 3.63) is 49.1 Å². The predicted molar refractivity (Wildman–Crippen MR) is 106 cm³/mol. The van der Waals surface area contributed by atoms with Crippen molar-refractivity contribution in [1.82, 2.24) is 25.1 Å². The van der Waals surface area contributed by atoms with Crippen LogP contribution in [0.3, 0.4) is 0 Å². The van der Waals surface area contributed by atoms with Crippen LogP contribution in [0.15, 0.2) is 49.1 Å². The Hall–Kier alpha value is -3.29. The molecule has 0 unspecified atom stereocenters. The van der Waals surface area contributed by atoms with Crippen LogP contribution in [0.5, 0.6) is 0 Å². The SMILES string of the molecule is CN(C)c1cc(N2CCN(c3ccc(-c4ccncc4)nn3)CC2)ncn1. The lowest BCUT2D eigenvalue weighted by Gasteiger charge is -2.36. The molecule has 27 heavy (non-hydrogen) atoms. The van der Waals surface area contributed by atoms with Crippen molar-refractivity contribution < 1.29 is 0 Å². The summed E-state index contributed by atoms with van der Waals surface area (Å²) in [5.74, 6) is 2.79. The van der Waals surface area contributed by atoms with E-state index >= 15 is 0 Å². The van der Waals surface area contributed by atoms with E-state index in [-0.39, 0.29) is 0 Å². The van der Waals surface area contributed by atoms with Gasteiger partial charge in [-0.2, -0.15) is 0 Å². The summed E-state index contributed by atoms with van der Waals surface area (Å²) in [5, 5.41) is 8.79. The molecule has 0 N–H and O–H groups in total. The number of anilines is 3. The van der Waals surface area contributed by atoms with E-state index in [0.29, 0.717) is 0 Å². The number of rotatable bonds is 4. The lowest BCUT2D eigenvalue weighted by Crippen LogP contribution is -2.47. The van der Waals surface area contributed by atoms with Gasteiger partial charge in [0.05, 0.1) is 5.69 Å². The van der Waals surface area contributed by atoms with Crippen LogP contribution in [0.1, 0.15) is 0 Å². The Morgan fingerprint density at radius 1 is 0.815 bits per heavy atom. The lowest BCUT2D eigenvalue weighted by atomic mass is 10.2. The first kappa shape index (κ1) is 17.1. The van der Waals surface area contributed by atoms with Crippen LogP contribution in [0.4, 0.5) is 17.5 Å². The summed E-state index contributed by atoms with van der Waals surface area (Å²) >= 11 is 0. The van der Waals surface area contributed by atoms with Crippen molar-refractivity contribution in [2.24, 2.45) is 0 Å². The quantitative estimate of drug-likeness (QED) is 0.695. The van der Waals surface area contributed by atoms with Crippen LogP contribution in [0.2, 0.25) is 0 Å². The van der Waals surface area contributed by atoms with Crippen LogP contribution < -0.4 is 14.7 Å². The van der Waals surface area contributed by atoms with Crippen LogP contribution >= 0.6 is 0 Å². The zero-order chi connectivity index (χ0) is 18.6. The molecule has 3 aromatic rings. The van der Waals surface area contributed by atoms with Crippen molar-refractivity contribution >= 4 is 17.5 Å². The molecule has 0 saturated carbocycles. The van der Waals surface area contributed by atoms with Crippen molar-refractivity contribution in [1.29, 1.82) is 0 Å². The molecule has 0 aromatic carbocycles. The number of hydrogen-bond acceptors (Lipinski definition) is 8. The molecule has 0 aliphatic carbocycles. The Balaban J connectivity index is 1.41. The van der Waals surface area contributed by atoms with E-state index in [1.54, 1.807) is 18.7 Å². The first-order valence-electron chi connectivity index (χ1n) is 8.94. The number of aromatic nitrogens is 5. The van der Waals surface area contributed by atoms with E-state index < -0.39 is 0 Å². The summed E-state index contributed by atoms with van der Waals surface area (Å²) in [6, 6.07) is 9.95. The Kier molecular flexibility index (Phi) is 4.78. The van der Waals surface area contributed by atoms with Gasteiger partial charge in [0.25, 0.3) is 0 Å². The monoisotopic (exact) mass is 362 g/mol. The summed E-state index contributed by atoms with van der Waals surface area (Å²) in [7, 11) is 3.97. The second kappa shape index (κ2) is 7.53. The molecule has 1 aliphatic rings. The standard InChI is InChI=1S/C19H22N8/c1-25(2)18-13-19(22-14-21-18)27-11-9-26(10-12-27)17-4-3-16(23-24-17)15-5-7-20-8-6-15/h3-8,13-14H,9-12H2,1-2H3. The normalized spacial score (nSPS) is 14.3. The Bertz CT molecular complexity index is 874. The zero-order valence-electron chi connectivity index (χ0n) is 15.5. The molecule has 8 heteroatoms. The average Bonchev–Trinajstić information content (AvgIpc) is 2.75. The van der Waals surface area contributed by atoms with Crippen LogP contribution in [0, 0.1) is 0 Å². The number of pyridine rings is 1. The van der Waals surface area contributed by atoms with Crippen molar-refractivity contribution in [3.8, 4) is 11.3 Å². The fourth-order valence-electron chi connectivity index (χ4n) is 3.09. The molecule has 4 heterocycles. The Labute approximate surface area is 158 Å². The zero-order valence-corrected chi connectivity index (χ0v) is 15.5. The second-order valence-electron chi connectivity index (χ2n) is 6.62. The van der Waals surface area contributed by atoms with E-state index in [1.807, 2.05) is 49.3 Å². The summed E-state index contributed by atoms with van der Waals surface area (Å²) < 4.78 is 0. The third kappa shape index (κ3) is 3.79. The molecular formula is C19H22N8. The minimum atomic E-state index is 0.858. The molecular weight excluding hydrogens is 340 g/mol. The number of nitrogens with zero attached hydrogens (tertiary/aromatic N) is 8. The van der Waals surface area contributed by atoms with Crippen LogP contribution in [0.25, 0.3) is 11.3 Å². The fourth-order valence-corrected chi connectivity index (χ4v) is 3.09. The summed E-state index contributed by atoms with van der Waals surface area (Å²) in [5.41, 5.74) is 1.88. The van der Waals surface area contributed by atoms with E-state index in [4.69, 9.17) is 0 Å². The lowest BCUT2D eigenvalue weighted by molar-refractivity contribution is 0.637. The van der Waals surface area contributed by atoms with Gasteiger partial charge in [-0.1, -0.05) is 0 Å². The van der Waals surface area contributed by atoms with Crippen molar-refractivity contribution in [2.45, 2.75) is 0 Å². The molecule has 8 nitrogen and oxygen atoms in total. The Morgan fingerprint density at radius 2 is 1.52 bits per heavy atom. The van der Waals surface area contributed by atoms with Gasteiger partial charge in [0.15, 0.2) is 5.82 Å². The topological polar surface area (TPSA) is 74.2 Å². The molecule has 1 fully saturated rings.